The van der Waals surface area contributed by atoms with Crippen molar-refractivity contribution < 1.29 is 18.0 Å². The Labute approximate surface area is 155 Å². The van der Waals surface area contributed by atoms with Crippen molar-refractivity contribution in [3.63, 3.8) is 0 Å². The van der Waals surface area contributed by atoms with Crippen LogP contribution in [0.25, 0.3) is 5.95 Å². The molecular weight excluding hydrogens is 359 g/mol. The summed E-state index contributed by atoms with van der Waals surface area (Å²) in [5.74, 6) is -0.274. The van der Waals surface area contributed by atoms with Gasteiger partial charge in [-0.25, -0.2) is 14.6 Å². The van der Waals surface area contributed by atoms with Crippen molar-refractivity contribution in [1.82, 2.24) is 24.6 Å². The molecule has 0 aliphatic heterocycles. The van der Waals surface area contributed by atoms with Crippen molar-refractivity contribution in [2.45, 2.75) is 40.3 Å². The number of carbonyl (C=O) groups excluding carboxylic acids is 1. The van der Waals surface area contributed by atoms with Crippen LogP contribution in [0.2, 0.25) is 0 Å². The molecule has 0 aliphatic rings. The lowest BCUT2D eigenvalue weighted by atomic mass is 10.1. The maximum atomic E-state index is 12.7. The highest BCUT2D eigenvalue weighted by molar-refractivity contribution is 5.79. The highest BCUT2D eigenvalue weighted by atomic mass is 19.4. The van der Waals surface area contributed by atoms with Crippen LogP contribution in [0.4, 0.5) is 13.2 Å². The SMILES string of the molecule is C=CCN(CC(F)(F)F)C(=O)Cc1c(C)nn(-c2nc(C)cc(C)n2)c1C. The normalized spacial score (nSPS) is 11.5. The smallest absolute Gasteiger partial charge is 0.330 e. The molecule has 1 amide bonds. The molecule has 2 aromatic heterocycles. The molecule has 6 nitrogen and oxygen atoms in total. The molecule has 146 valence electrons. The Morgan fingerprint density at radius 1 is 1.22 bits per heavy atom. The minimum Gasteiger partial charge on any atom is -0.330 e. The van der Waals surface area contributed by atoms with E-state index in [4.69, 9.17) is 0 Å². The van der Waals surface area contributed by atoms with E-state index >= 15 is 0 Å². The molecule has 0 spiro atoms. The Bertz CT molecular complexity index is 837. The molecule has 0 aliphatic carbocycles. The second-order valence-corrected chi connectivity index (χ2v) is 6.37. The molecule has 2 rings (SSSR count). The van der Waals surface area contributed by atoms with Crippen LogP contribution in [0, 0.1) is 27.7 Å². The summed E-state index contributed by atoms with van der Waals surface area (Å²) in [6.07, 6.45) is -3.39. The third kappa shape index (κ3) is 5.15. The number of alkyl halides is 3. The zero-order chi connectivity index (χ0) is 20.4. The zero-order valence-electron chi connectivity index (χ0n) is 15.8. The van der Waals surface area contributed by atoms with E-state index in [9.17, 15) is 18.0 Å². The molecule has 27 heavy (non-hydrogen) atoms. The minimum absolute atomic E-state index is 0.176. The second kappa shape index (κ2) is 7.89. The highest BCUT2D eigenvalue weighted by Crippen LogP contribution is 2.20. The average molecular weight is 381 g/mol. The van der Waals surface area contributed by atoms with E-state index in [1.807, 2.05) is 19.9 Å². The van der Waals surface area contributed by atoms with Gasteiger partial charge in [0.1, 0.15) is 6.54 Å². The van der Waals surface area contributed by atoms with Gasteiger partial charge in [0.05, 0.1) is 12.1 Å². The van der Waals surface area contributed by atoms with E-state index in [1.165, 1.54) is 10.8 Å². The maximum absolute atomic E-state index is 12.7. The number of nitrogens with zero attached hydrogens (tertiary/aromatic N) is 5. The lowest BCUT2D eigenvalue weighted by molar-refractivity contribution is -0.159. The molecule has 2 heterocycles. The summed E-state index contributed by atoms with van der Waals surface area (Å²) >= 11 is 0. The number of hydrogen-bond donors (Lipinski definition) is 0. The van der Waals surface area contributed by atoms with Gasteiger partial charge in [-0.1, -0.05) is 6.08 Å². The standard InChI is InChI=1S/C18H22F3N5O/c1-6-7-25(10-18(19,20)21)16(27)9-15-13(4)24-26(14(15)5)17-22-11(2)8-12(3)23-17/h6,8H,1,7,9-10H2,2-5H3. The third-order valence-corrected chi connectivity index (χ3v) is 4.00. The average Bonchev–Trinajstić information content (AvgIpc) is 2.80. The maximum Gasteiger partial charge on any atom is 0.406 e. The molecule has 0 saturated carbocycles. The van der Waals surface area contributed by atoms with E-state index in [0.29, 0.717) is 22.9 Å². The fourth-order valence-electron chi connectivity index (χ4n) is 2.82. The Hall–Kier alpha value is -2.71. The van der Waals surface area contributed by atoms with Crippen LogP contribution >= 0.6 is 0 Å². The van der Waals surface area contributed by atoms with Gasteiger partial charge in [0.15, 0.2) is 0 Å². The van der Waals surface area contributed by atoms with Crippen LogP contribution in [0.5, 0.6) is 0 Å². The van der Waals surface area contributed by atoms with Gasteiger partial charge in [0.2, 0.25) is 5.91 Å². The summed E-state index contributed by atoms with van der Waals surface area (Å²) in [5, 5.41) is 4.37. The summed E-state index contributed by atoms with van der Waals surface area (Å²) in [6, 6.07) is 1.82. The van der Waals surface area contributed by atoms with Gasteiger partial charge in [-0.2, -0.15) is 18.3 Å². The van der Waals surface area contributed by atoms with E-state index in [1.54, 1.807) is 13.8 Å². The number of aromatic nitrogens is 4. The minimum atomic E-state index is -4.47. The van der Waals surface area contributed by atoms with Crippen LogP contribution < -0.4 is 0 Å². The summed E-state index contributed by atoms with van der Waals surface area (Å²) in [7, 11) is 0. The highest BCUT2D eigenvalue weighted by Gasteiger charge is 2.33. The molecule has 0 saturated heterocycles. The Morgan fingerprint density at radius 2 is 1.81 bits per heavy atom. The largest absolute Gasteiger partial charge is 0.406 e. The number of hydrogen-bond acceptors (Lipinski definition) is 4. The fraction of sp³-hybridized carbons (Fsp3) is 0.444. The fourth-order valence-corrected chi connectivity index (χ4v) is 2.82. The lowest BCUT2D eigenvalue weighted by Gasteiger charge is -2.22. The predicted molar refractivity (Wildman–Crippen MR) is 94.6 cm³/mol. The summed E-state index contributed by atoms with van der Waals surface area (Å²) in [6.45, 7) is 9.04. The topological polar surface area (TPSA) is 63.9 Å². The Kier molecular flexibility index (Phi) is 6.02. The molecule has 2 aromatic rings. The van der Waals surface area contributed by atoms with Gasteiger partial charge in [-0.3, -0.25) is 4.79 Å². The number of aryl methyl sites for hydroxylation is 3. The van der Waals surface area contributed by atoms with E-state index < -0.39 is 18.6 Å². The number of amides is 1. The first-order valence-electron chi connectivity index (χ1n) is 8.35. The molecule has 0 fully saturated rings. The summed E-state index contributed by atoms with van der Waals surface area (Å²) < 4.78 is 39.7. The van der Waals surface area contributed by atoms with Gasteiger partial charge in [-0.05, 0) is 33.8 Å². The van der Waals surface area contributed by atoms with Gasteiger partial charge in [-0.15, -0.1) is 6.58 Å². The van der Waals surface area contributed by atoms with Gasteiger partial charge < -0.3 is 4.90 Å². The van der Waals surface area contributed by atoms with Crippen molar-refractivity contribution in [3.05, 3.63) is 47.1 Å². The molecule has 0 bridgehead atoms. The zero-order valence-corrected chi connectivity index (χ0v) is 15.8. The van der Waals surface area contributed by atoms with Crippen LogP contribution in [-0.2, 0) is 11.2 Å². The Morgan fingerprint density at radius 3 is 2.33 bits per heavy atom. The van der Waals surface area contributed by atoms with Crippen molar-refractivity contribution in [3.8, 4) is 5.95 Å². The molecule has 0 radical (unpaired) electrons. The van der Waals surface area contributed by atoms with Crippen LogP contribution in [0.1, 0.15) is 28.3 Å². The molecule has 0 unspecified atom stereocenters. The second-order valence-electron chi connectivity index (χ2n) is 6.37. The van der Waals surface area contributed by atoms with Crippen molar-refractivity contribution in [1.29, 1.82) is 0 Å². The first-order chi connectivity index (χ1) is 12.5. The molecule has 0 N–H and O–H groups in total. The number of carbonyl (C=O) groups is 1. The van der Waals surface area contributed by atoms with Crippen molar-refractivity contribution >= 4 is 5.91 Å². The van der Waals surface area contributed by atoms with E-state index in [0.717, 1.165) is 16.3 Å². The van der Waals surface area contributed by atoms with E-state index in [-0.39, 0.29) is 13.0 Å². The Balaban J connectivity index is 2.32. The van der Waals surface area contributed by atoms with Crippen LogP contribution in [-0.4, -0.2) is 49.8 Å². The summed E-state index contributed by atoms with van der Waals surface area (Å²) in [4.78, 5) is 21.9. The van der Waals surface area contributed by atoms with Crippen molar-refractivity contribution in [2.24, 2.45) is 0 Å². The van der Waals surface area contributed by atoms with Gasteiger partial charge in [0.25, 0.3) is 5.95 Å². The predicted octanol–water partition coefficient (Wildman–Crippen LogP) is 3.02. The van der Waals surface area contributed by atoms with Gasteiger partial charge in [0, 0.05) is 29.2 Å². The monoisotopic (exact) mass is 381 g/mol. The first-order valence-corrected chi connectivity index (χ1v) is 8.35. The number of halogens is 3. The van der Waals surface area contributed by atoms with Gasteiger partial charge >= 0.3 is 6.18 Å². The molecule has 0 aromatic carbocycles. The lowest BCUT2D eigenvalue weighted by Crippen LogP contribution is -2.40. The van der Waals surface area contributed by atoms with Crippen LogP contribution in [0.15, 0.2) is 18.7 Å². The van der Waals surface area contributed by atoms with Crippen LogP contribution in [0.3, 0.4) is 0 Å². The summed E-state index contributed by atoms with van der Waals surface area (Å²) in [5.41, 5.74) is 3.28. The van der Waals surface area contributed by atoms with E-state index in [2.05, 4.69) is 21.6 Å². The molecular formula is C18H22F3N5O. The number of rotatable bonds is 6. The molecule has 0 atom stereocenters. The first kappa shape index (κ1) is 20.6. The van der Waals surface area contributed by atoms with Crippen molar-refractivity contribution in [2.75, 3.05) is 13.1 Å². The third-order valence-electron chi connectivity index (χ3n) is 4.00. The quantitative estimate of drug-likeness (QED) is 0.722. The molecule has 9 heteroatoms.